The fourth-order valence-corrected chi connectivity index (χ4v) is 2.13. The van der Waals surface area contributed by atoms with Gasteiger partial charge < -0.3 is 0 Å². The number of benzene rings is 2. The summed E-state index contributed by atoms with van der Waals surface area (Å²) < 4.78 is 13.2. The van der Waals surface area contributed by atoms with Crippen molar-refractivity contribution >= 4 is 17.3 Å². The lowest BCUT2D eigenvalue weighted by molar-refractivity contribution is -0.116. The van der Waals surface area contributed by atoms with Gasteiger partial charge in [0.1, 0.15) is 5.82 Å². The van der Waals surface area contributed by atoms with Gasteiger partial charge in [-0.25, -0.2) is 4.39 Å². The van der Waals surface area contributed by atoms with Crippen LogP contribution in [0.25, 0.3) is 0 Å². The highest BCUT2D eigenvalue weighted by atomic mass is 19.1. The Hall–Kier alpha value is -2.16. The third-order valence-electron chi connectivity index (χ3n) is 2.89. The Morgan fingerprint density at radius 3 is 2.59 bits per heavy atom. The zero-order valence-corrected chi connectivity index (χ0v) is 9.06. The largest absolute Gasteiger partial charge is 0.280 e. The van der Waals surface area contributed by atoms with Gasteiger partial charge in [0.05, 0.1) is 12.1 Å². The molecule has 17 heavy (non-hydrogen) atoms. The third kappa shape index (κ3) is 1.60. The molecule has 2 aromatic rings. The molecule has 0 radical (unpaired) electrons. The number of para-hydroxylation sites is 1. The molecule has 0 saturated carbocycles. The molecular formula is C14H10FNO. The molecule has 0 atom stereocenters. The summed E-state index contributed by atoms with van der Waals surface area (Å²) >= 11 is 0. The zero-order chi connectivity index (χ0) is 11.8. The van der Waals surface area contributed by atoms with Gasteiger partial charge in [-0.15, -0.1) is 0 Å². The van der Waals surface area contributed by atoms with E-state index in [2.05, 4.69) is 0 Å². The van der Waals surface area contributed by atoms with E-state index < -0.39 is 0 Å². The Bertz CT molecular complexity index is 580. The van der Waals surface area contributed by atoms with E-state index in [-0.39, 0.29) is 11.7 Å². The fraction of sp³-hybridized carbons (Fsp3) is 0.0714. The average molecular weight is 227 g/mol. The molecule has 0 unspecified atom stereocenters. The maximum absolute atomic E-state index is 13.2. The van der Waals surface area contributed by atoms with E-state index in [1.807, 2.05) is 30.3 Å². The van der Waals surface area contributed by atoms with Crippen molar-refractivity contribution in [2.45, 2.75) is 6.42 Å². The number of amides is 1. The highest BCUT2D eigenvalue weighted by Gasteiger charge is 2.28. The molecule has 0 aliphatic carbocycles. The molecule has 2 aromatic carbocycles. The van der Waals surface area contributed by atoms with Crippen LogP contribution in [0.2, 0.25) is 0 Å². The molecule has 1 aliphatic rings. The van der Waals surface area contributed by atoms with Gasteiger partial charge in [-0.2, -0.15) is 0 Å². The maximum atomic E-state index is 13.2. The number of anilines is 2. The van der Waals surface area contributed by atoms with Crippen LogP contribution in [0.3, 0.4) is 0 Å². The minimum absolute atomic E-state index is 0.0169. The minimum Gasteiger partial charge on any atom is -0.280 e. The van der Waals surface area contributed by atoms with Gasteiger partial charge >= 0.3 is 0 Å². The van der Waals surface area contributed by atoms with Crippen LogP contribution in [0.4, 0.5) is 15.8 Å². The van der Waals surface area contributed by atoms with Crippen molar-refractivity contribution in [3.63, 3.8) is 0 Å². The van der Waals surface area contributed by atoms with Crippen molar-refractivity contribution in [2.24, 2.45) is 0 Å². The van der Waals surface area contributed by atoms with Crippen LogP contribution in [0.15, 0.2) is 48.5 Å². The maximum Gasteiger partial charge on any atom is 0.236 e. The molecule has 1 heterocycles. The molecule has 84 valence electrons. The van der Waals surface area contributed by atoms with Crippen molar-refractivity contribution < 1.29 is 9.18 Å². The molecule has 3 rings (SSSR count). The van der Waals surface area contributed by atoms with Crippen LogP contribution in [-0.2, 0) is 11.2 Å². The molecule has 0 saturated heterocycles. The number of fused-ring (bicyclic) bond motifs is 1. The van der Waals surface area contributed by atoms with E-state index in [0.717, 1.165) is 11.3 Å². The molecule has 0 fully saturated rings. The van der Waals surface area contributed by atoms with Crippen LogP contribution < -0.4 is 4.90 Å². The zero-order valence-electron chi connectivity index (χ0n) is 9.06. The average Bonchev–Trinajstić information content (AvgIpc) is 2.65. The Morgan fingerprint density at radius 2 is 1.82 bits per heavy atom. The monoisotopic (exact) mass is 227 g/mol. The third-order valence-corrected chi connectivity index (χ3v) is 2.89. The molecule has 0 N–H and O–H groups in total. The summed E-state index contributed by atoms with van der Waals surface area (Å²) in [6, 6.07) is 13.8. The predicted molar refractivity (Wildman–Crippen MR) is 63.7 cm³/mol. The van der Waals surface area contributed by atoms with Crippen LogP contribution in [0.1, 0.15) is 5.56 Å². The second kappa shape index (κ2) is 3.70. The number of nitrogens with zero attached hydrogens (tertiary/aromatic N) is 1. The summed E-state index contributed by atoms with van der Waals surface area (Å²) in [6.07, 6.45) is 0.338. The molecular weight excluding hydrogens is 217 g/mol. The Morgan fingerprint density at radius 1 is 1.06 bits per heavy atom. The fourth-order valence-electron chi connectivity index (χ4n) is 2.13. The molecule has 1 aliphatic heterocycles. The predicted octanol–water partition coefficient (Wildman–Crippen LogP) is 3.05. The van der Waals surface area contributed by atoms with Crippen LogP contribution in [-0.4, -0.2) is 5.91 Å². The summed E-state index contributed by atoms with van der Waals surface area (Å²) in [4.78, 5) is 13.5. The minimum atomic E-state index is -0.320. The first-order chi connectivity index (χ1) is 8.25. The van der Waals surface area contributed by atoms with E-state index >= 15 is 0 Å². The standard InChI is InChI=1S/C14H10FNO/c15-11-7-6-10-8-14(17)16(13(10)9-11)12-4-2-1-3-5-12/h1-7,9H,8H2. The number of rotatable bonds is 1. The highest BCUT2D eigenvalue weighted by molar-refractivity contribution is 6.07. The summed E-state index contributed by atoms with van der Waals surface area (Å²) in [7, 11) is 0. The Labute approximate surface area is 98.3 Å². The summed E-state index contributed by atoms with van der Waals surface area (Å²) in [5.74, 6) is -0.337. The molecule has 3 heteroatoms. The number of hydrogen-bond donors (Lipinski definition) is 0. The second-order valence-corrected chi connectivity index (χ2v) is 4.01. The summed E-state index contributed by atoms with van der Waals surface area (Å²) in [5, 5.41) is 0. The van der Waals surface area contributed by atoms with Crippen LogP contribution in [0.5, 0.6) is 0 Å². The van der Waals surface area contributed by atoms with Gasteiger partial charge in [-0.3, -0.25) is 9.69 Å². The lowest BCUT2D eigenvalue weighted by Crippen LogP contribution is -2.20. The molecule has 0 spiro atoms. The van der Waals surface area contributed by atoms with Gasteiger partial charge in [0.2, 0.25) is 5.91 Å². The quantitative estimate of drug-likeness (QED) is 0.733. The topological polar surface area (TPSA) is 20.3 Å². The lowest BCUT2D eigenvalue weighted by Gasteiger charge is -2.17. The van der Waals surface area contributed by atoms with Crippen LogP contribution in [0, 0.1) is 5.82 Å². The van der Waals surface area contributed by atoms with E-state index in [1.165, 1.54) is 12.1 Å². The summed E-state index contributed by atoms with van der Waals surface area (Å²) in [6.45, 7) is 0. The second-order valence-electron chi connectivity index (χ2n) is 4.01. The van der Waals surface area contributed by atoms with Gasteiger partial charge in [-0.1, -0.05) is 24.3 Å². The van der Waals surface area contributed by atoms with E-state index in [9.17, 15) is 9.18 Å². The van der Waals surface area contributed by atoms with Crippen molar-refractivity contribution in [1.82, 2.24) is 0 Å². The first-order valence-corrected chi connectivity index (χ1v) is 5.42. The van der Waals surface area contributed by atoms with Gasteiger partial charge in [0.15, 0.2) is 0 Å². The molecule has 2 nitrogen and oxygen atoms in total. The number of halogens is 1. The first kappa shape index (κ1) is 10.0. The van der Waals surface area contributed by atoms with Crippen LogP contribution >= 0.6 is 0 Å². The normalized spacial score (nSPS) is 13.9. The summed E-state index contributed by atoms with van der Waals surface area (Å²) in [5.41, 5.74) is 2.31. The van der Waals surface area contributed by atoms with Crippen molar-refractivity contribution in [3.8, 4) is 0 Å². The lowest BCUT2D eigenvalue weighted by atomic mass is 10.1. The SMILES string of the molecule is O=C1Cc2ccc(F)cc2N1c1ccccc1. The van der Waals surface area contributed by atoms with E-state index in [0.29, 0.717) is 12.1 Å². The van der Waals surface area contributed by atoms with Gasteiger partial charge in [-0.05, 0) is 29.8 Å². The van der Waals surface area contributed by atoms with Crippen molar-refractivity contribution in [1.29, 1.82) is 0 Å². The van der Waals surface area contributed by atoms with E-state index in [1.54, 1.807) is 11.0 Å². The highest BCUT2D eigenvalue weighted by Crippen LogP contribution is 2.35. The van der Waals surface area contributed by atoms with E-state index in [4.69, 9.17) is 0 Å². The molecule has 1 amide bonds. The van der Waals surface area contributed by atoms with Gasteiger partial charge in [0, 0.05) is 5.69 Å². The van der Waals surface area contributed by atoms with Crippen molar-refractivity contribution in [3.05, 3.63) is 59.9 Å². The number of hydrogen-bond acceptors (Lipinski definition) is 1. The Kier molecular flexibility index (Phi) is 2.18. The Balaban J connectivity index is 2.14. The number of carbonyl (C=O) groups is 1. The first-order valence-electron chi connectivity index (χ1n) is 5.42. The van der Waals surface area contributed by atoms with Gasteiger partial charge in [0.25, 0.3) is 0 Å². The molecule has 0 bridgehead atoms. The smallest absolute Gasteiger partial charge is 0.236 e. The number of carbonyl (C=O) groups excluding carboxylic acids is 1. The van der Waals surface area contributed by atoms with Crippen molar-refractivity contribution in [2.75, 3.05) is 4.90 Å². The molecule has 0 aromatic heterocycles.